The Morgan fingerprint density at radius 2 is 1.50 bits per heavy atom. The van der Waals surface area contributed by atoms with Crippen LogP contribution in [0.4, 0.5) is 5.69 Å². The van der Waals surface area contributed by atoms with Crippen LogP contribution in [0.2, 0.25) is 0 Å². The number of thioether (sulfide) groups is 1. The van der Waals surface area contributed by atoms with E-state index in [4.69, 9.17) is 0 Å². The highest BCUT2D eigenvalue weighted by Crippen LogP contribution is 2.41. The Morgan fingerprint density at radius 3 is 2.04 bits per heavy atom. The van der Waals surface area contributed by atoms with E-state index in [0.29, 0.717) is 0 Å². The van der Waals surface area contributed by atoms with Gasteiger partial charge in [-0.15, -0.1) is 0 Å². The van der Waals surface area contributed by atoms with Crippen molar-refractivity contribution in [3.63, 3.8) is 0 Å². The van der Waals surface area contributed by atoms with Gasteiger partial charge in [0, 0.05) is 41.7 Å². The topological polar surface area (TPSA) is 6.25 Å². The van der Waals surface area contributed by atoms with Crippen molar-refractivity contribution in [2.45, 2.75) is 6.92 Å². The first-order valence-corrected chi connectivity index (χ1v) is 9.26. The summed E-state index contributed by atoms with van der Waals surface area (Å²) in [5.41, 5.74) is 6.27. The number of hydrogen-bond donors (Lipinski definition) is 0. The van der Waals surface area contributed by atoms with Gasteiger partial charge in [0.1, 0.15) is 14.1 Å². The smallest absolute Gasteiger partial charge is 0.199 e. The molecule has 0 spiro atoms. The highest BCUT2D eigenvalue weighted by molar-refractivity contribution is 8.12. The molecule has 0 amide bonds. The van der Waals surface area contributed by atoms with Gasteiger partial charge in [-0.2, -0.15) is 0 Å². The first kappa shape index (κ1) is 20.3. The normalized spacial score (nSPS) is 16.1. The predicted molar refractivity (Wildman–Crippen MR) is 113 cm³/mol. The molecular formula is C22H25ClN2S. The second-order valence-corrected chi connectivity index (χ2v) is 7.83. The van der Waals surface area contributed by atoms with Crippen LogP contribution in [-0.4, -0.2) is 38.5 Å². The van der Waals surface area contributed by atoms with Crippen LogP contribution in [0.3, 0.4) is 0 Å². The molecule has 26 heavy (non-hydrogen) atoms. The van der Waals surface area contributed by atoms with Gasteiger partial charge < -0.3 is 17.3 Å². The molecule has 0 atom stereocenters. The summed E-state index contributed by atoms with van der Waals surface area (Å²) < 4.78 is 2.13. The average molecular weight is 385 g/mol. The lowest BCUT2D eigenvalue weighted by molar-refractivity contribution is -0.462. The van der Waals surface area contributed by atoms with E-state index in [9.17, 15) is 0 Å². The number of allylic oxidation sites excluding steroid dienone is 8. The maximum atomic E-state index is 2.27. The van der Waals surface area contributed by atoms with Gasteiger partial charge in [-0.05, 0) is 60.1 Å². The molecule has 0 bridgehead atoms. The second-order valence-electron chi connectivity index (χ2n) is 6.75. The van der Waals surface area contributed by atoms with Gasteiger partial charge in [-0.3, -0.25) is 0 Å². The number of anilines is 1. The predicted octanol–water partition coefficient (Wildman–Crippen LogP) is 1.88. The van der Waals surface area contributed by atoms with Crippen LogP contribution < -0.4 is 17.3 Å². The Labute approximate surface area is 167 Å². The molecule has 0 aromatic heterocycles. The van der Waals surface area contributed by atoms with Gasteiger partial charge in [0.15, 0.2) is 5.71 Å². The van der Waals surface area contributed by atoms with Gasteiger partial charge in [0.05, 0.1) is 0 Å². The molecule has 4 heteroatoms. The molecule has 0 radical (unpaired) electrons. The zero-order valence-corrected chi connectivity index (χ0v) is 17.5. The van der Waals surface area contributed by atoms with Crippen LogP contribution in [0.1, 0.15) is 12.5 Å². The minimum absolute atomic E-state index is 0. The van der Waals surface area contributed by atoms with Crippen molar-refractivity contribution in [3.05, 3.63) is 82.3 Å². The molecule has 2 nitrogen and oxygen atoms in total. The fourth-order valence-electron chi connectivity index (χ4n) is 2.76. The Morgan fingerprint density at radius 1 is 0.885 bits per heavy atom. The maximum Gasteiger partial charge on any atom is 0.199 e. The van der Waals surface area contributed by atoms with Crippen LogP contribution in [0.15, 0.2) is 76.8 Å². The highest BCUT2D eigenvalue weighted by atomic mass is 35.5. The zero-order chi connectivity index (χ0) is 18.0. The monoisotopic (exact) mass is 384 g/mol. The largest absolute Gasteiger partial charge is 1.00 e. The van der Waals surface area contributed by atoms with Crippen molar-refractivity contribution < 1.29 is 17.0 Å². The molecule has 1 aromatic carbocycles. The molecule has 0 saturated heterocycles. The fraction of sp³-hybridized carbons (Fsp3) is 0.227. The van der Waals surface area contributed by atoms with Crippen molar-refractivity contribution in [2.24, 2.45) is 0 Å². The minimum Gasteiger partial charge on any atom is -1.00 e. The Kier molecular flexibility index (Phi) is 6.74. The molecule has 2 aliphatic rings. The summed E-state index contributed by atoms with van der Waals surface area (Å²) in [6.45, 7) is 2.17. The van der Waals surface area contributed by atoms with Crippen LogP contribution >= 0.6 is 11.8 Å². The SMILES string of the molecule is CC1=CC(=C2C=CC(=[N+](C)C)C=C2)SC(c2ccc(N(C)C)cc2)=C1.[Cl-]. The molecule has 0 unspecified atom stereocenters. The number of hydrogen-bond acceptors (Lipinski definition) is 2. The third-order valence-corrected chi connectivity index (χ3v) is 5.42. The van der Waals surface area contributed by atoms with Crippen LogP contribution in [0.5, 0.6) is 0 Å². The molecule has 1 aromatic rings. The minimum atomic E-state index is 0. The van der Waals surface area contributed by atoms with E-state index in [2.05, 4.69) is 105 Å². The van der Waals surface area contributed by atoms with E-state index in [1.807, 2.05) is 11.8 Å². The third kappa shape index (κ3) is 4.60. The van der Waals surface area contributed by atoms with Crippen molar-refractivity contribution in [3.8, 4) is 0 Å². The molecule has 136 valence electrons. The standard InChI is InChI=1S/C22H25N2S.ClH/c1-16-14-21(17-6-10-19(11-7-17)23(2)3)25-22(15-16)18-8-12-20(13-9-18)24(4)5;/h6-15H,1-5H3;1H/q+1;/p-1. The molecule has 1 heterocycles. The lowest BCUT2D eigenvalue weighted by Gasteiger charge is -2.18. The van der Waals surface area contributed by atoms with E-state index in [0.717, 1.165) is 0 Å². The quantitative estimate of drug-likeness (QED) is 0.718. The molecule has 3 rings (SSSR count). The highest BCUT2D eigenvalue weighted by Gasteiger charge is 2.15. The molecule has 0 fully saturated rings. The second kappa shape index (κ2) is 8.61. The third-order valence-electron chi connectivity index (χ3n) is 4.27. The molecule has 0 saturated carbocycles. The van der Waals surface area contributed by atoms with E-state index >= 15 is 0 Å². The van der Waals surface area contributed by atoms with Crippen molar-refractivity contribution in [1.82, 2.24) is 0 Å². The van der Waals surface area contributed by atoms with Gasteiger partial charge in [0.2, 0.25) is 0 Å². The van der Waals surface area contributed by atoms with E-state index in [-0.39, 0.29) is 12.4 Å². The van der Waals surface area contributed by atoms with E-state index in [1.54, 1.807) is 0 Å². The Bertz CT molecular complexity index is 844. The first-order chi connectivity index (χ1) is 11.9. The Balaban J connectivity index is 0.00000243. The summed E-state index contributed by atoms with van der Waals surface area (Å²) in [6.07, 6.45) is 13.3. The van der Waals surface area contributed by atoms with Gasteiger partial charge in [0.25, 0.3) is 0 Å². The van der Waals surface area contributed by atoms with Crippen molar-refractivity contribution in [1.29, 1.82) is 0 Å². The summed E-state index contributed by atoms with van der Waals surface area (Å²) in [4.78, 5) is 4.73. The number of benzene rings is 1. The fourth-order valence-corrected chi connectivity index (χ4v) is 4.00. The summed E-state index contributed by atoms with van der Waals surface area (Å²) >= 11 is 1.84. The van der Waals surface area contributed by atoms with E-state index < -0.39 is 0 Å². The molecule has 0 N–H and O–H groups in total. The molecule has 1 aliphatic carbocycles. The van der Waals surface area contributed by atoms with E-state index in [1.165, 1.54) is 37.9 Å². The first-order valence-electron chi connectivity index (χ1n) is 8.44. The summed E-state index contributed by atoms with van der Waals surface area (Å²) in [5, 5.41) is 0. The Hall–Kier alpha value is -1.97. The molecule has 1 aliphatic heterocycles. The zero-order valence-electron chi connectivity index (χ0n) is 16.0. The number of rotatable bonds is 2. The van der Waals surface area contributed by atoms with Gasteiger partial charge in [-0.1, -0.05) is 23.9 Å². The summed E-state index contributed by atoms with van der Waals surface area (Å²) in [5.74, 6) is 0. The summed E-state index contributed by atoms with van der Waals surface area (Å²) in [7, 11) is 8.28. The van der Waals surface area contributed by atoms with Crippen LogP contribution in [0.25, 0.3) is 4.91 Å². The number of halogens is 1. The molecular weight excluding hydrogens is 360 g/mol. The van der Waals surface area contributed by atoms with Crippen molar-refractivity contribution >= 4 is 28.1 Å². The van der Waals surface area contributed by atoms with Crippen LogP contribution in [0, 0.1) is 0 Å². The lowest BCUT2D eigenvalue weighted by Crippen LogP contribution is -3.00. The number of nitrogens with zero attached hydrogens (tertiary/aromatic N) is 2. The van der Waals surface area contributed by atoms with Crippen molar-refractivity contribution in [2.75, 3.05) is 33.1 Å². The maximum absolute atomic E-state index is 2.27. The van der Waals surface area contributed by atoms with Crippen LogP contribution in [-0.2, 0) is 0 Å². The average Bonchev–Trinajstić information content (AvgIpc) is 2.61. The van der Waals surface area contributed by atoms with Gasteiger partial charge in [-0.25, -0.2) is 4.58 Å². The lowest BCUT2D eigenvalue weighted by atomic mass is 10.1. The van der Waals surface area contributed by atoms with Gasteiger partial charge >= 0.3 is 0 Å². The summed E-state index contributed by atoms with van der Waals surface area (Å²) in [6, 6.07) is 8.77.